The molecule has 6 heterocycles. The second-order valence-corrected chi connectivity index (χ2v) is 27.3. The fourth-order valence-corrected chi connectivity index (χ4v) is 11.9. The Balaban J connectivity index is 0.000000168. The molecule has 12 rings (SSSR count). The maximum Gasteiger partial charge on any atom is 0.410 e. The molecular formula is C71H86Cl2F3N9O11. The van der Waals surface area contributed by atoms with Gasteiger partial charge in [-0.2, -0.15) is 13.2 Å². The van der Waals surface area contributed by atoms with Gasteiger partial charge in [0.05, 0.1) is 41.7 Å². The van der Waals surface area contributed by atoms with Gasteiger partial charge in [0.15, 0.2) is 0 Å². The van der Waals surface area contributed by atoms with Crippen molar-refractivity contribution in [2.45, 2.75) is 145 Å². The Morgan fingerprint density at radius 3 is 1.20 bits per heavy atom. The molecule has 3 aliphatic carbocycles. The molecule has 96 heavy (non-hydrogen) atoms. The van der Waals surface area contributed by atoms with Crippen LogP contribution in [-0.2, 0) is 23.9 Å². The lowest BCUT2D eigenvalue weighted by atomic mass is 9.85. The molecule has 3 aromatic carbocycles. The van der Waals surface area contributed by atoms with Crippen LogP contribution in [-0.4, -0.2) is 152 Å². The van der Waals surface area contributed by atoms with Gasteiger partial charge in [-0.15, -0.1) is 23.2 Å². The lowest BCUT2D eigenvalue weighted by Crippen LogP contribution is -2.51. The number of hydrogen-bond donors (Lipinski definition) is 5. The topological polar surface area (TPSA) is 259 Å². The molecule has 4 amide bonds. The molecule has 3 aromatic heterocycles. The number of aliphatic carboxylic acids is 1. The number of carbonyl (C=O) groups excluding carboxylic acids is 4. The van der Waals surface area contributed by atoms with E-state index >= 15 is 0 Å². The van der Waals surface area contributed by atoms with Crippen molar-refractivity contribution in [3.8, 4) is 17.2 Å². The molecule has 6 N–H and O–H groups in total. The minimum atomic E-state index is -0.880. The molecule has 0 bridgehead atoms. The van der Waals surface area contributed by atoms with Crippen LogP contribution in [0.15, 0.2) is 146 Å². The van der Waals surface area contributed by atoms with Crippen molar-refractivity contribution >= 4 is 53.2 Å². The monoisotopic (exact) mass is 1370 g/mol. The van der Waals surface area contributed by atoms with Gasteiger partial charge in [0.2, 0.25) is 29.7 Å². The van der Waals surface area contributed by atoms with Crippen molar-refractivity contribution < 1.29 is 65.9 Å². The van der Waals surface area contributed by atoms with Crippen molar-refractivity contribution in [3.05, 3.63) is 181 Å². The number of nitrogens with zero attached hydrogens (tertiary/aromatic N) is 5. The number of ether oxygens (including phenoxy) is 5. The van der Waals surface area contributed by atoms with E-state index in [0.717, 1.165) is 43.4 Å². The number of likely N-dealkylation sites (tertiary alicyclic amines) is 2. The van der Waals surface area contributed by atoms with Gasteiger partial charge in [0, 0.05) is 101 Å². The zero-order valence-corrected chi connectivity index (χ0v) is 56.2. The second kappa shape index (κ2) is 34.6. The first-order valence-corrected chi connectivity index (χ1v) is 33.2. The number of amides is 4. The van der Waals surface area contributed by atoms with Crippen LogP contribution in [0, 0.1) is 35.6 Å². The summed E-state index contributed by atoms with van der Waals surface area (Å²) in [6.45, 7) is 13.7. The average molecular weight is 1370 g/mol. The number of nitrogens with two attached hydrogens (primary N) is 1. The van der Waals surface area contributed by atoms with Crippen LogP contribution in [0.1, 0.15) is 115 Å². The number of carboxylic acid groups (broad SMARTS) is 1. The zero-order chi connectivity index (χ0) is 69.1. The van der Waals surface area contributed by atoms with Crippen LogP contribution in [0.25, 0.3) is 0 Å². The summed E-state index contributed by atoms with van der Waals surface area (Å²) < 4.78 is 66.0. The highest BCUT2D eigenvalue weighted by molar-refractivity contribution is 6.40. The normalized spacial score (nSPS) is 24.6. The van der Waals surface area contributed by atoms with E-state index in [4.69, 9.17) is 52.6 Å². The lowest BCUT2D eigenvalue weighted by molar-refractivity contribution is -0.141. The third-order valence-electron chi connectivity index (χ3n) is 16.9. The minimum Gasteiger partial charge on any atom is -0.489 e. The maximum atomic E-state index is 13.2. The van der Waals surface area contributed by atoms with Crippen LogP contribution in [0.4, 0.5) is 22.8 Å². The first-order valence-electron chi connectivity index (χ1n) is 32.2. The summed E-state index contributed by atoms with van der Waals surface area (Å²) in [5, 5.41) is 19.2. The molecule has 3 saturated carbocycles. The molecule has 25 heteroatoms. The van der Waals surface area contributed by atoms with Gasteiger partial charge in [0.1, 0.15) is 46.8 Å². The third-order valence-corrected chi connectivity index (χ3v) is 16.9. The number of carboxylic acids is 1. The van der Waals surface area contributed by atoms with E-state index in [2.05, 4.69) is 43.0 Å². The van der Waals surface area contributed by atoms with Crippen LogP contribution in [0.2, 0.25) is 0 Å². The average Bonchev–Trinajstić information content (AvgIpc) is 1.62. The molecule has 0 radical (unpaired) electrons. The van der Waals surface area contributed by atoms with Crippen molar-refractivity contribution in [2.75, 3.05) is 44.6 Å². The lowest BCUT2D eigenvalue weighted by Gasteiger charge is -2.36. The van der Waals surface area contributed by atoms with Crippen molar-refractivity contribution in [3.63, 3.8) is 0 Å². The summed E-state index contributed by atoms with van der Waals surface area (Å²) in [7, 11) is 0. The number of hydrogen-bond acceptors (Lipinski definition) is 15. The second-order valence-electron chi connectivity index (χ2n) is 26.5. The van der Waals surface area contributed by atoms with E-state index in [-0.39, 0.29) is 89.7 Å². The molecule has 6 aliphatic rings. The number of rotatable bonds is 14. The molecule has 6 fully saturated rings. The quantitative estimate of drug-likeness (QED) is 0.0502. The van der Waals surface area contributed by atoms with E-state index < -0.39 is 53.1 Å². The summed E-state index contributed by atoms with van der Waals surface area (Å²) in [6, 6.07) is 38.4. The summed E-state index contributed by atoms with van der Waals surface area (Å²) in [5.74, 6) is -1.80. The SMILES string of the molecule is CC(C)(C)OC(=O)N1C[C@@H](C(=O)NC2CC(Oc3ccc(F)nc3)C2)[C@H](c2ccccc2)C1.CC(C)(C)OC(=O)N1C[C@@H](C(=O)O)[C@H](c2ccccc2)C1.ClCCl.NC1CC(Oc2ccc(F)nc2)C1.O=C(NC1CC(Oc2ccc(F)nc2)C1)[C@@H]1CNC[C@H]1c1ccccc1. The Kier molecular flexibility index (Phi) is 26.5. The first kappa shape index (κ1) is 73.6. The summed E-state index contributed by atoms with van der Waals surface area (Å²) in [5.41, 5.74) is 7.59. The number of pyridine rings is 3. The smallest absolute Gasteiger partial charge is 0.410 e. The standard InChI is InChI=1S/C25H30FN3O4.C20H22FN3O2.C16H21NO4.C9H11FN2O.CH2Cl2/c1-25(2,3)33-24(31)29-14-20(16-7-5-4-6-8-16)21(15-29)23(30)28-17-11-19(12-17)32-18-9-10-22(26)27-13-18;21-19-7-6-15(10-23-19)26-16-8-14(9-16)24-20(25)18-12-22-11-17(18)13-4-2-1-3-5-13;1-16(2,3)21-15(20)17-9-12(13(10-17)14(18)19)11-7-5-4-6-8-11;10-9-2-1-7(5-12-9)13-8-3-6(11)4-8;2-1-3/h4-10,13,17,19-21H,11-12,14-15H2,1-3H3,(H,28,30);1-7,10,14,16-18,22H,8-9,11-12H2,(H,24,25);4-8,12-13H,9-10H2,1-3H3,(H,18,19);1-2,5-6,8H,3-4,11H2;1H2/t17?,19?,20-,21+;14?,16?,17-,18+;12-,13+;;/m000../s1. The molecule has 3 aliphatic heterocycles. The van der Waals surface area contributed by atoms with Gasteiger partial charge in [-0.05, 0) is 107 Å². The predicted molar refractivity (Wildman–Crippen MR) is 356 cm³/mol. The van der Waals surface area contributed by atoms with Crippen molar-refractivity contribution in [1.82, 2.24) is 40.7 Å². The number of benzene rings is 3. The predicted octanol–water partition coefficient (Wildman–Crippen LogP) is 11.4. The van der Waals surface area contributed by atoms with E-state index in [1.165, 1.54) is 47.3 Å². The van der Waals surface area contributed by atoms with Gasteiger partial charge in [-0.3, -0.25) is 14.4 Å². The van der Waals surface area contributed by atoms with Gasteiger partial charge in [-0.1, -0.05) is 91.0 Å². The van der Waals surface area contributed by atoms with Gasteiger partial charge in [0.25, 0.3) is 0 Å². The van der Waals surface area contributed by atoms with Crippen LogP contribution in [0.5, 0.6) is 17.2 Å². The minimum absolute atomic E-state index is 0.00269. The van der Waals surface area contributed by atoms with E-state index in [1.54, 1.807) is 43.9 Å². The molecule has 6 aromatic rings. The largest absolute Gasteiger partial charge is 0.489 e. The maximum absolute atomic E-state index is 13.2. The van der Waals surface area contributed by atoms with Gasteiger partial charge < -0.3 is 60.3 Å². The Labute approximate surface area is 568 Å². The summed E-state index contributed by atoms with van der Waals surface area (Å²) in [4.78, 5) is 75.9. The van der Waals surface area contributed by atoms with Gasteiger partial charge in [-0.25, -0.2) is 24.5 Å². The number of nitrogens with one attached hydrogen (secondary N) is 3. The Morgan fingerprint density at radius 2 is 0.854 bits per heavy atom. The van der Waals surface area contributed by atoms with Crippen LogP contribution >= 0.6 is 23.2 Å². The van der Waals surface area contributed by atoms with E-state index in [9.17, 15) is 42.3 Å². The number of alkyl halides is 2. The van der Waals surface area contributed by atoms with E-state index in [1.807, 2.05) is 99.6 Å². The zero-order valence-electron chi connectivity index (χ0n) is 54.7. The van der Waals surface area contributed by atoms with E-state index in [0.29, 0.717) is 56.3 Å². The summed E-state index contributed by atoms with van der Waals surface area (Å²) in [6.07, 6.45) is 8.06. The molecular weight excluding hydrogens is 1280 g/mol. The van der Waals surface area contributed by atoms with Crippen molar-refractivity contribution in [2.24, 2.45) is 23.5 Å². The molecule has 20 nitrogen and oxygen atoms in total. The fraction of sp³-hybridized carbons (Fsp3) is 0.465. The number of aromatic nitrogens is 3. The fourth-order valence-electron chi connectivity index (χ4n) is 11.9. The summed E-state index contributed by atoms with van der Waals surface area (Å²) >= 11 is 9.53. The molecule has 516 valence electrons. The number of carbonyl (C=O) groups is 5. The third kappa shape index (κ3) is 22.4. The molecule has 0 unspecified atom stereocenters. The molecule has 6 atom stereocenters. The Hall–Kier alpha value is -8.25. The highest BCUT2D eigenvalue weighted by atomic mass is 35.5. The first-order chi connectivity index (χ1) is 45.8. The molecule has 0 spiro atoms. The molecule has 3 saturated heterocycles. The Bertz CT molecular complexity index is 3420. The van der Waals surface area contributed by atoms with Crippen molar-refractivity contribution in [1.29, 1.82) is 0 Å². The Morgan fingerprint density at radius 1 is 0.510 bits per heavy atom. The number of halogens is 5. The highest BCUT2D eigenvalue weighted by Crippen LogP contribution is 2.37. The van der Waals surface area contributed by atoms with Crippen LogP contribution < -0.4 is 35.9 Å². The van der Waals surface area contributed by atoms with Gasteiger partial charge >= 0.3 is 18.2 Å². The highest BCUT2D eigenvalue weighted by Gasteiger charge is 2.45. The van der Waals surface area contributed by atoms with Crippen LogP contribution in [0.3, 0.4) is 0 Å².